The first-order chi connectivity index (χ1) is 22.0. The molecule has 250 valence electrons. The molecule has 0 fully saturated rings. The molecule has 1 heterocycles. The average molecular weight is 683 g/mol. The Morgan fingerprint density at radius 3 is 2.40 bits per heavy atom. The summed E-state index contributed by atoms with van der Waals surface area (Å²) in [6.45, 7) is 6.34. The number of Topliss-reactive ketones (excluding diaryl/α,β-unsaturated/α-hetero) is 1. The van der Waals surface area contributed by atoms with Gasteiger partial charge in [-0.05, 0) is 60.2 Å². The molecule has 47 heavy (non-hydrogen) atoms. The summed E-state index contributed by atoms with van der Waals surface area (Å²) in [6.07, 6.45) is 1.83. The average Bonchev–Trinajstić information content (AvgIpc) is 2.99. The van der Waals surface area contributed by atoms with Crippen molar-refractivity contribution in [2.45, 2.75) is 50.6 Å². The second kappa shape index (κ2) is 12.3. The molecule has 14 heteroatoms. The number of fused-ring (bicyclic) bond motifs is 2. The van der Waals surface area contributed by atoms with Gasteiger partial charge in [0.2, 0.25) is 10.0 Å². The molecule has 1 aliphatic heterocycles. The maximum Gasteiger partial charge on any atom is 0.286 e. The molecular formula is C33H38N4O8S2. The van der Waals surface area contributed by atoms with Crippen molar-refractivity contribution in [3.05, 3.63) is 82.9 Å². The summed E-state index contributed by atoms with van der Waals surface area (Å²) in [5.41, 5.74) is -0.215. The SMILES string of the molecule is COc1ccc(OC)c(CNC2(CCC(C)(C)C)C(=O)C(C3=NS(=O)(=O)c4cc(NS(C)(=O)=O)ccc4N3)=C(O)c3ccccc32)c1. The third-order valence-corrected chi connectivity index (χ3v) is 10.00. The van der Waals surface area contributed by atoms with Crippen molar-refractivity contribution in [1.82, 2.24) is 5.32 Å². The van der Waals surface area contributed by atoms with Crippen LogP contribution in [0, 0.1) is 5.41 Å². The zero-order chi connectivity index (χ0) is 34.4. The molecule has 0 radical (unpaired) electrons. The smallest absolute Gasteiger partial charge is 0.286 e. The van der Waals surface area contributed by atoms with Gasteiger partial charge in [0, 0.05) is 23.4 Å². The zero-order valence-corrected chi connectivity index (χ0v) is 28.6. The minimum absolute atomic E-state index is 0.0263. The predicted molar refractivity (Wildman–Crippen MR) is 181 cm³/mol. The fourth-order valence-corrected chi connectivity index (χ4v) is 7.45. The number of ketones is 1. The molecule has 0 aromatic heterocycles. The Kier molecular flexibility index (Phi) is 8.90. The van der Waals surface area contributed by atoms with Crippen LogP contribution in [0.3, 0.4) is 0 Å². The quantitative estimate of drug-likeness (QED) is 0.229. The van der Waals surface area contributed by atoms with Gasteiger partial charge in [0.15, 0.2) is 11.6 Å². The number of sulfonamides is 2. The molecule has 3 aromatic carbocycles. The van der Waals surface area contributed by atoms with Gasteiger partial charge in [0.05, 0.1) is 26.2 Å². The second-order valence-corrected chi connectivity index (χ2v) is 16.0. The largest absolute Gasteiger partial charge is 0.506 e. The number of ether oxygens (including phenoxy) is 2. The Labute approximate surface area is 275 Å². The lowest BCUT2D eigenvalue weighted by molar-refractivity contribution is -0.122. The van der Waals surface area contributed by atoms with Crippen LogP contribution in [0.5, 0.6) is 11.5 Å². The van der Waals surface area contributed by atoms with Crippen molar-refractivity contribution in [2.24, 2.45) is 9.81 Å². The summed E-state index contributed by atoms with van der Waals surface area (Å²) >= 11 is 0. The minimum Gasteiger partial charge on any atom is -0.506 e. The first kappa shape index (κ1) is 33.9. The van der Waals surface area contributed by atoms with Crippen molar-refractivity contribution in [1.29, 1.82) is 0 Å². The van der Waals surface area contributed by atoms with Crippen LogP contribution >= 0.6 is 0 Å². The van der Waals surface area contributed by atoms with Crippen molar-refractivity contribution < 1.29 is 36.2 Å². The molecule has 0 spiro atoms. The van der Waals surface area contributed by atoms with Gasteiger partial charge >= 0.3 is 0 Å². The molecule has 2 aliphatic rings. The van der Waals surface area contributed by atoms with Gasteiger partial charge in [-0.3, -0.25) is 14.8 Å². The van der Waals surface area contributed by atoms with E-state index in [1.54, 1.807) is 56.7 Å². The maximum atomic E-state index is 14.9. The zero-order valence-electron chi connectivity index (χ0n) is 27.0. The maximum absolute atomic E-state index is 14.9. The van der Waals surface area contributed by atoms with Crippen LogP contribution in [0.15, 0.2) is 75.5 Å². The van der Waals surface area contributed by atoms with Crippen molar-refractivity contribution in [2.75, 3.05) is 30.5 Å². The minimum atomic E-state index is -4.45. The van der Waals surface area contributed by atoms with E-state index in [2.05, 4.69) is 40.5 Å². The molecular weight excluding hydrogens is 645 g/mol. The summed E-state index contributed by atoms with van der Waals surface area (Å²) in [5.74, 6) is -0.165. The standard InChI is InChI=1S/C33H38N4O8S2/c1-32(2,3)15-16-33(34-19-20-17-22(44-4)12-14-26(20)45-5)24-10-8-7-9-23(24)29(38)28(30(33)39)31-35-25-13-11-21(36-46(6,40)41)18-27(25)47(42,43)37-31/h7-14,17-18,34,36,38H,15-16,19H2,1-6H3,(H,35,37). The van der Waals surface area contributed by atoms with Gasteiger partial charge in [-0.2, -0.15) is 8.42 Å². The van der Waals surface area contributed by atoms with Gasteiger partial charge in [-0.15, -0.1) is 4.40 Å². The van der Waals surface area contributed by atoms with Crippen molar-refractivity contribution in [3.63, 3.8) is 0 Å². The number of nitrogens with zero attached hydrogens (tertiary/aromatic N) is 1. The number of nitrogens with one attached hydrogen (secondary N) is 3. The van der Waals surface area contributed by atoms with E-state index in [0.717, 1.165) is 17.9 Å². The fraction of sp³-hybridized carbons (Fsp3) is 0.333. The Balaban J connectivity index is 1.65. The van der Waals surface area contributed by atoms with E-state index in [-0.39, 0.29) is 39.6 Å². The summed E-state index contributed by atoms with van der Waals surface area (Å²) < 4.78 is 67.7. The number of benzene rings is 3. The monoisotopic (exact) mass is 682 g/mol. The highest BCUT2D eigenvalue weighted by Gasteiger charge is 2.50. The number of rotatable bonds is 10. The normalized spacial score (nSPS) is 18.9. The Morgan fingerprint density at radius 1 is 1.02 bits per heavy atom. The van der Waals surface area contributed by atoms with E-state index >= 15 is 0 Å². The fourth-order valence-electron chi connectivity index (χ4n) is 5.74. The van der Waals surface area contributed by atoms with E-state index in [4.69, 9.17) is 9.47 Å². The lowest BCUT2D eigenvalue weighted by Gasteiger charge is -2.41. The van der Waals surface area contributed by atoms with Gasteiger partial charge in [0.1, 0.15) is 33.3 Å². The van der Waals surface area contributed by atoms with E-state index in [1.165, 1.54) is 12.1 Å². The molecule has 12 nitrogen and oxygen atoms in total. The van der Waals surface area contributed by atoms with E-state index in [1.807, 2.05) is 0 Å². The van der Waals surface area contributed by atoms with Crippen LogP contribution in [-0.2, 0) is 36.9 Å². The lowest BCUT2D eigenvalue weighted by atomic mass is 9.69. The lowest BCUT2D eigenvalue weighted by Crippen LogP contribution is -2.54. The van der Waals surface area contributed by atoms with E-state index in [0.29, 0.717) is 35.5 Å². The van der Waals surface area contributed by atoms with Crippen molar-refractivity contribution in [3.8, 4) is 11.5 Å². The topological polar surface area (TPSA) is 172 Å². The van der Waals surface area contributed by atoms with Crippen LogP contribution in [0.4, 0.5) is 11.4 Å². The number of hydrogen-bond acceptors (Lipinski definition) is 10. The third kappa shape index (κ3) is 6.85. The number of carbonyl (C=O) groups is 1. The molecule has 4 N–H and O–H groups in total. The number of carbonyl (C=O) groups excluding carboxylic acids is 1. The third-order valence-electron chi connectivity index (χ3n) is 8.08. The molecule has 0 bridgehead atoms. The molecule has 0 amide bonds. The summed E-state index contributed by atoms with van der Waals surface area (Å²) in [7, 11) is -5.03. The number of hydrogen-bond donors (Lipinski definition) is 4. The number of anilines is 2. The van der Waals surface area contributed by atoms with Crippen LogP contribution in [0.1, 0.15) is 50.3 Å². The highest BCUT2D eigenvalue weighted by atomic mass is 32.2. The molecule has 1 atom stereocenters. The summed E-state index contributed by atoms with van der Waals surface area (Å²) in [4.78, 5) is 14.6. The highest BCUT2D eigenvalue weighted by Crippen LogP contribution is 2.45. The number of aliphatic hydroxyl groups excluding tert-OH is 1. The van der Waals surface area contributed by atoms with Gasteiger partial charge in [-0.1, -0.05) is 45.0 Å². The Hall–Kier alpha value is -4.40. The molecule has 1 unspecified atom stereocenters. The van der Waals surface area contributed by atoms with Gasteiger partial charge in [-0.25, -0.2) is 8.42 Å². The van der Waals surface area contributed by atoms with E-state index < -0.39 is 37.1 Å². The van der Waals surface area contributed by atoms with Crippen LogP contribution in [0.25, 0.3) is 5.76 Å². The predicted octanol–water partition coefficient (Wildman–Crippen LogP) is 4.95. The second-order valence-electron chi connectivity index (χ2n) is 12.7. The summed E-state index contributed by atoms with van der Waals surface area (Å²) in [6, 6.07) is 16.2. The number of methoxy groups -OCH3 is 2. The van der Waals surface area contributed by atoms with Gasteiger partial charge in [0.25, 0.3) is 10.0 Å². The van der Waals surface area contributed by atoms with E-state index in [9.17, 15) is 26.7 Å². The van der Waals surface area contributed by atoms with Crippen LogP contribution < -0.4 is 24.8 Å². The van der Waals surface area contributed by atoms with Crippen molar-refractivity contribution >= 4 is 48.8 Å². The molecule has 0 saturated carbocycles. The summed E-state index contributed by atoms with van der Waals surface area (Å²) in [5, 5.41) is 18.0. The molecule has 1 aliphatic carbocycles. The Bertz CT molecular complexity index is 2030. The van der Waals surface area contributed by atoms with Crippen LogP contribution in [0.2, 0.25) is 0 Å². The first-order valence-electron chi connectivity index (χ1n) is 14.8. The Morgan fingerprint density at radius 2 is 1.74 bits per heavy atom. The highest BCUT2D eigenvalue weighted by molar-refractivity contribution is 7.92. The van der Waals surface area contributed by atoms with Crippen LogP contribution in [-0.4, -0.2) is 54.0 Å². The molecule has 3 aromatic rings. The molecule has 5 rings (SSSR count). The number of aliphatic hydroxyl groups is 1. The number of amidine groups is 1. The molecule has 0 saturated heterocycles. The first-order valence-corrected chi connectivity index (χ1v) is 18.1. The van der Waals surface area contributed by atoms with Gasteiger partial charge < -0.3 is 19.9 Å².